The molecule has 0 saturated carbocycles. The Morgan fingerprint density at radius 2 is 1.63 bits per heavy atom. The molecule has 0 radical (unpaired) electrons. The van der Waals surface area contributed by atoms with Gasteiger partial charge >= 0.3 is 12.4 Å². The average molecular weight is 534 g/mol. The Labute approximate surface area is 216 Å². The Balaban J connectivity index is 1.73. The molecule has 2 heterocycles. The first-order valence-corrected chi connectivity index (χ1v) is 11.8. The SMILES string of the molecule is Cc1ccccc1-c1cc(C2=CCNCC2)ncc1C(=O)N(C)Cc1cc(C(F)(F)F)cc(C(F)(F)F)c1. The van der Waals surface area contributed by atoms with Crippen molar-refractivity contribution in [3.63, 3.8) is 0 Å². The van der Waals surface area contributed by atoms with Crippen molar-refractivity contribution in [2.75, 3.05) is 20.1 Å². The molecule has 1 amide bonds. The van der Waals surface area contributed by atoms with Gasteiger partial charge in [-0.05, 0) is 72.0 Å². The van der Waals surface area contributed by atoms with E-state index in [9.17, 15) is 31.1 Å². The second-order valence-electron chi connectivity index (χ2n) is 9.19. The van der Waals surface area contributed by atoms with Gasteiger partial charge in [-0.2, -0.15) is 26.3 Å². The number of alkyl halides is 6. The molecule has 0 unspecified atom stereocenters. The molecule has 0 atom stereocenters. The quantitative estimate of drug-likeness (QED) is 0.370. The summed E-state index contributed by atoms with van der Waals surface area (Å²) in [6, 6.07) is 10.6. The van der Waals surface area contributed by atoms with Gasteiger partial charge in [0.2, 0.25) is 0 Å². The van der Waals surface area contributed by atoms with Gasteiger partial charge in [-0.15, -0.1) is 0 Å². The summed E-state index contributed by atoms with van der Waals surface area (Å²) >= 11 is 0. The van der Waals surface area contributed by atoms with Crippen molar-refractivity contribution >= 4 is 11.5 Å². The van der Waals surface area contributed by atoms with E-state index in [2.05, 4.69) is 10.3 Å². The number of hydrogen-bond donors (Lipinski definition) is 1. The molecule has 3 aromatic rings. The third-order valence-electron chi connectivity index (χ3n) is 6.38. The predicted molar refractivity (Wildman–Crippen MR) is 132 cm³/mol. The van der Waals surface area contributed by atoms with E-state index in [0.717, 1.165) is 34.6 Å². The standard InChI is InChI=1S/C28H25F6N3O/c1-17-5-3-4-6-22(17)23-14-25(19-7-9-35-10-8-19)36-15-24(23)26(38)37(2)16-18-11-20(27(29,30)31)13-21(12-18)28(32,33)34/h3-7,11-15,35H,8-10,16H2,1-2H3. The fourth-order valence-corrected chi connectivity index (χ4v) is 4.42. The number of hydrogen-bond acceptors (Lipinski definition) is 3. The number of rotatable bonds is 5. The Hall–Kier alpha value is -3.66. The smallest absolute Gasteiger partial charge is 0.337 e. The lowest BCUT2D eigenvalue weighted by molar-refractivity contribution is -0.143. The van der Waals surface area contributed by atoms with E-state index < -0.39 is 35.9 Å². The second kappa shape index (κ2) is 10.6. The van der Waals surface area contributed by atoms with E-state index in [1.165, 1.54) is 13.2 Å². The van der Waals surface area contributed by atoms with Gasteiger partial charge in [0.25, 0.3) is 5.91 Å². The van der Waals surface area contributed by atoms with Crippen LogP contribution in [0, 0.1) is 6.92 Å². The van der Waals surface area contributed by atoms with Gasteiger partial charge in [-0.1, -0.05) is 30.3 Å². The van der Waals surface area contributed by atoms with Crippen LogP contribution < -0.4 is 5.32 Å². The molecular weight excluding hydrogens is 508 g/mol. The molecule has 0 spiro atoms. The molecular formula is C28H25F6N3O. The monoisotopic (exact) mass is 533 g/mol. The number of halogens is 6. The van der Waals surface area contributed by atoms with E-state index in [-0.39, 0.29) is 17.2 Å². The molecule has 1 aromatic heterocycles. The highest BCUT2D eigenvalue weighted by atomic mass is 19.4. The van der Waals surface area contributed by atoms with Crippen LogP contribution >= 0.6 is 0 Å². The highest BCUT2D eigenvalue weighted by Gasteiger charge is 2.37. The number of pyridine rings is 1. The van der Waals surface area contributed by atoms with Crippen molar-refractivity contribution < 1.29 is 31.1 Å². The van der Waals surface area contributed by atoms with Crippen LogP contribution in [-0.4, -0.2) is 35.9 Å². The van der Waals surface area contributed by atoms with Crippen molar-refractivity contribution in [2.24, 2.45) is 0 Å². The number of nitrogens with zero attached hydrogens (tertiary/aromatic N) is 2. The molecule has 0 bridgehead atoms. The van der Waals surface area contributed by atoms with Crippen LogP contribution in [0.3, 0.4) is 0 Å². The lowest BCUT2D eigenvalue weighted by atomic mass is 9.94. The second-order valence-corrected chi connectivity index (χ2v) is 9.19. The van der Waals surface area contributed by atoms with Gasteiger partial charge in [0.15, 0.2) is 0 Å². The summed E-state index contributed by atoms with van der Waals surface area (Å²) in [4.78, 5) is 19.1. The van der Waals surface area contributed by atoms with Gasteiger partial charge in [-0.25, -0.2) is 0 Å². The maximum absolute atomic E-state index is 13.5. The van der Waals surface area contributed by atoms with Gasteiger partial charge in [0, 0.05) is 26.3 Å². The maximum Gasteiger partial charge on any atom is 0.416 e. The predicted octanol–water partition coefficient (Wildman–Crippen LogP) is 6.74. The van der Waals surface area contributed by atoms with Gasteiger partial charge in [0.1, 0.15) is 0 Å². The first kappa shape index (κ1) is 27.4. The molecule has 0 saturated heterocycles. The van der Waals surface area contributed by atoms with Gasteiger partial charge in [0.05, 0.1) is 22.4 Å². The van der Waals surface area contributed by atoms with Crippen LogP contribution in [0.5, 0.6) is 0 Å². The minimum Gasteiger partial charge on any atom is -0.337 e. The number of amides is 1. The number of benzene rings is 2. The summed E-state index contributed by atoms with van der Waals surface area (Å²) in [7, 11) is 1.33. The zero-order valence-corrected chi connectivity index (χ0v) is 20.7. The summed E-state index contributed by atoms with van der Waals surface area (Å²) in [5.41, 5.74) is 1.05. The van der Waals surface area contributed by atoms with Crippen LogP contribution in [0.25, 0.3) is 16.7 Å². The number of aryl methyl sites for hydroxylation is 1. The molecule has 10 heteroatoms. The molecule has 0 fully saturated rings. The number of carbonyl (C=O) groups is 1. The van der Waals surface area contributed by atoms with Crippen LogP contribution in [0.2, 0.25) is 0 Å². The zero-order valence-electron chi connectivity index (χ0n) is 20.7. The molecule has 1 aliphatic rings. The summed E-state index contributed by atoms with van der Waals surface area (Å²) < 4.78 is 79.8. The van der Waals surface area contributed by atoms with Crippen molar-refractivity contribution in [2.45, 2.75) is 32.2 Å². The van der Waals surface area contributed by atoms with Crippen LogP contribution in [0.4, 0.5) is 26.3 Å². The van der Waals surface area contributed by atoms with Crippen molar-refractivity contribution in [3.8, 4) is 11.1 Å². The maximum atomic E-state index is 13.5. The first-order chi connectivity index (χ1) is 17.8. The molecule has 1 aliphatic heterocycles. The van der Waals surface area contributed by atoms with Crippen LogP contribution in [0.15, 0.2) is 60.8 Å². The van der Waals surface area contributed by atoms with Crippen LogP contribution in [0.1, 0.15) is 44.7 Å². The fraction of sp³-hybridized carbons (Fsp3) is 0.286. The molecule has 2 aromatic carbocycles. The summed E-state index contributed by atoms with van der Waals surface area (Å²) in [6.07, 6.45) is -5.75. The molecule has 200 valence electrons. The Kier molecular flexibility index (Phi) is 7.64. The highest BCUT2D eigenvalue weighted by molar-refractivity contribution is 6.01. The third-order valence-corrected chi connectivity index (χ3v) is 6.38. The Morgan fingerprint density at radius 1 is 0.974 bits per heavy atom. The van der Waals surface area contributed by atoms with Crippen molar-refractivity contribution in [3.05, 3.63) is 94.3 Å². The number of aromatic nitrogens is 1. The Morgan fingerprint density at radius 3 is 2.21 bits per heavy atom. The normalized spacial score (nSPS) is 14.3. The highest BCUT2D eigenvalue weighted by Crippen LogP contribution is 2.37. The third kappa shape index (κ3) is 6.07. The minimum absolute atomic E-state index is 0.0692. The van der Waals surface area contributed by atoms with Gasteiger partial charge < -0.3 is 10.2 Å². The largest absolute Gasteiger partial charge is 0.416 e. The summed E-state index contributed by atoms with van der Waals surface area (Å²) in [6.45, 7) is 2.90. The Bertz CT molecular complexity index is 1350. The average Bonchev–Trinajstić information content (AvgIpc) is 2.87. The number of nitrogens with one attached hydrogen (secondary N) is 1. The zero-order chi connectivity index (χ0) is 27.7. The molecule has 1 N–H and O–H groups in total. The van der Waals surface area contributed by atoms with E-state index >= 15 is 0 Å². The van der Waals surface area contributed by atoms with E-state index in [4.69, 9.17) is 0 Å². The fourth-order valence-electron chi connectivity index (χ4n) is 4.42. The number of carbonyl (C=O) groups excluding carboxylic acids is 1. The van der Waals surface area contributed by atoms with E-state index in [1.807, 2.05) is 43.3 Å². The van der Waals surface area contributed by atoms with Crippen molar-refractivity contribution in [1.29, 1.82) is 0 Å². The molecule has 4 rings (SSSR count). The molecule has 4 nitrogen and oxygen atoms in total. The molecule has 38 heavy (non-hydrogen) atoms. The van der Waals surface area contributed by atoms with Gasteiger partial charge in [-0.3, -0.25) is 9.78 Å². The first-order valence-electron chi connectivity index (χ1n) is 11.8. The van der Waals surface area contributed by atoms with E-state index in [0.29, 0.717) is 29.9 Å². The van der Waals surface area contributed by atoms with Crippen molar-refractivity contribution in [1.82, 2.24) is 15.2 Å². The van der Waals surface area contributed by atoms with E-state index in [1.54, 1.807) is 0 Å². The minimum atomic E-state index is -4.97. The summed E-state index contributed by atoms with van der Waals surface area (Å²) in [5.74, 6) is -0.576. The van der Waals surface area contributed by atoms with Crippen LogP contribution in [-0.2, 0) is 18.9 Å². The lowest BCUT2D eigenvalue weighted by Gasteiger charge is -2.22. The summed E-state index contributed by atoms with van der Waals surface area (Å²) in [5, 5.41) is 3.23. The lowest BCUT2D eigenvalue weighted by Crippen LogP contribution is -2.27. The molecule has 0 aliphatic carbocycles. The topological polar surface area (TPSA) is 45.2 Å².